The van der Waals surface area contributed by atoms with Crippen LogP contribution in [0.5, 0.6) is 0 Å². The average Bonchev–Trinajstić information content (AvgIpc) is 2.79. The molecule has 13 nitrogen and oxygen atoms in total. The first kappa shape index (κ1) is 33.0. The summed E-state index contributed by atoms with van der Waals surface area (Å²) in [6.45, 7) is 12.3. The molecule has 0 saturated heterocycles. The monoisotopic (exact) mass is 543 g/mol. The molecule has 0 spiro atoms. The van der Waals surface area contributed by atoms with Gasteiger partial charge >= 0.3 is 29.0 Å². The van der Waals surface area contributed by atoms with Gasteiger partial charge in [0.25, 0.3) is 0 Å². The Morgan fingerprint density at radius 1 is 0.921 bits per heavy atom. The number of hydrogen-bond donors (Lipinski definition) is 3. The first-order valence-electron chi connectivity index (χ1n) is 12.4. The smallest absolute Gasteiger partial charge is 0.336 e. The van der Waals surface area contributed by atoms with Crippen molar-refractivity contribution in [2.75, 3.05) is 6.61 Å². The Labute approximate surface area is 220 Å². The zero-order valence-corrected chi connectivity index (χ0v) is 23.0. The van der Waals surface area contributed by atoms with Gasteiger partial charge in [0.1, 0.15) is 18.3 Å². The highest BCUT2D eigenvalue weighted by atomic mass is 16.6. The molecular weight excluding hydrogens is 502 g/mol. The molecule has 1 rings (SSSR count). The van der Waals surface area contributed by atoms with Crippen molar-refractivity contribution in [1.29, 1.82) is 0 Å². The van der Waals surface area contributed by atoms with Gasteiger partial charge in [-0.1, -0.05) is 33.8 Å². The number of hydrogen-bond acceptors (Lipinski definition) is 10. The summed E-state index contributed by atoms with van der Waals surface area (Å²) in [6, 6.07) is 0. The topological polar surface area (TPSA) is 179 Å². The van der Waals surface area contributed by atoms with E-state index < -0.39 is 72.5 Å². The Morgan fingerprint density at radius 3 is 1.89 bits per heavy atom. The van der Waals surface area contributed by atoms with Gasteiger partial charge in [-0.25, -0.2) is 32.9 Å². The lowest BCUT2D eigenvalue weighted by atomic mass is 9.89. The summed E-state index contributed by atoms with van der Waals surface area (Å²) in [7, 11) is 0. The Kier molecular flexibility index (Phi) is 11.9. The molecule has 1 heterocycles. The fourth-order valence-corrected chi connectivity index (χ4v) is 3.43. The third-order valence-electron chi connectivity index (χ3n) is 5.63. The maximum atomic E-state index is 13.0. The molecule has 1 aromatic heterocycles. The van der Waals surface area contributed by atoms with E-state index in [0.717, 1.165) is 4.57 Å². The van der Waals surface area contributed by atoms with Gasteiger partial charge in [-0.15, -0.1) is 6.58 Å². The summed E-state index contributed by atoms with van der Waals surface area (Å²) in [5.74, 6) is -2.02. The third kappa shape index (κ3) is 10.0. The SMILES string of the molecule is C=CCn1c(=O)n(CC(O)COC(=O)CC(O)C(=O)OC(C)(C)CC)c(=O)n(CC(O)CC(C)(C)C)c1=O. The molecule has 13 heteroatoms. The highest BCUT2D eigenvalue weighted by molar-refractivity contribution is 5.81. The number of carbonyl (C=O) groups is 2. The molecule has 0 radical (unpaired) electrons. The number of carbonyl (C=O) groups excluding carboxylic acids is 2. The molecule has 0 aliphatic heterocycles. The Hall–Kier alpha value is -3.03. The molecule has 216 valence electrons. The second kappa shape index (κ2) is 13.7. The Balaban J connectivity index is 3.01. The summed E-state index contributed by atoms with van der Waals surface area (Å²) in [6.07, 6.45) is -3.07. The largest absolute Gasteiger partial charge is 0.463 e. The minimum atomic E-state index is -1.78. The van der Waals surface area contributed by atoms with Crippen molar-refractivity contribution in [2.45, 2.75) is 104 Å². The van der Waals surface area contributed by atoms with Crippen LogP contribution in [0.3, 0.4) is 0 Å². The van der Waals surface area contributed by atoms with E-state index in [2.05, 4.69) is 6.58 Å². The van der Waals surface area contributed by atoms with Crippen LogP contribution in [0, 0.1) is 5.41 Å². The van der Waals surface area contributed by atoms with Crippen LogP contribution in [0.4, 0.5) is 0 Å². The van der Waals surface area contributed by atoms with Crippen molar-refractivity contribution >= 4 is 11.9 Å². The number of aliphatic hydroxyl groups excluding tert-OH is 3. The van der Waals surface area contributed by atoms with Crippen LogP contribution < -0.4 is 17.1 Å². The molecule has 3 N–H and O–H groups in total. The fourth-order valence-electron chi connectivity index (χ4n) is 3.43. The van der Waals surface area contributed by atoms with Gasteiger partial charge in [-0.05, 0) is 32.1 Å². The van der Waals surface area contributed by atoms with Crippen LogP contribution in [0.1, 0.15) is 60.8 Å². The maximum absolute atomic E-state index is 13.0. The van der Waals surface area contributed by atoms with Gasteiger partial charge in [0, 0.05) is 0 Å². The summed E-state index contributed by atoms with van der Waals surface area (Å²) in [4.78, 5) is 62.5. The number of allylic oxidation sites excluding steroid dienone is 1. The second-order valence-electron chi connectivity index (χ2n) is 11.0. The van der Waals surface area contributed by atoms with Crippen LogP contribution in [0.25, 0.3) is 0 Å². The van der Waals surface area contributed by atoms with Gasteiger partial charge in [0.2, 0.25) is 0 Å². The van der Waals surface area contributed by atoms with Crippen molar-refractivity contribution in [3.05, 3.63) is 44.1 Å². The van der Waals surface area contributed by atoms with Crippen molar-refractivity contribution in [1.82, 2.24) is 13.7 Å². The molecule has 0 saturated carbocycles. The Morgan fingerprint density at radius 2 is 1.42 bits per heavy atom. The van der Waals surface area contributed by atoms with Crippen molar-refractivity contribution in [3.63, 3.8) is 0 Å². The zero-order valence-electron chi connectivity index (χ0n) is 23.0. The summed E-state index contributed by atoms with van der Waals surface area (Å²) in [5, 5.41) is 30.7. The molecule has 1 aromatic rings. The number of rotatable bonds is 14. The molecule has 0 amide bonds. The molecule has 0 aliphatic rings. The highest BCUT2D eigenvalue weighted by Crippen LogP contribution is 2.21. The average molecular weight is 544 g/mol. The van der Waals surface area contributed by atoms with Crippen LogP contribution in [-0.4, -0.2) is 71.5 Å². The lowest BCUT2D eigenvalue weighted by Gasteiger charge is -2.24. The van der Waals surface area contributed by atoms with E-state index in [0.29, 0.717) is 15.6 Å². The van der Waals surface area contributed by atoms with E-state index in [-0.39, 0.29) is 24.9 Å². The van der Waals surface area contributed by atoms with Gasteiger partial charge in [-0.3, -0.25) is 4.79 Å². The number of esters is 2. The van der Waals surface area contributed by atoms with Crippen LogP contribution >= 0.6 is 0 Å². The van der Waals surface area contributed by atoms with Gasteiger partial charge in [0.05, 0.1) is 32.2 Å². The summed E-state index contributed by atoms with van der Waals surface area (Å²) in [5.41, 5.74) is -4.12. The lowest BCUT2D eigenvalue weighted by Crippen LogP contribution is -2.56. The minimum Gasteiger partial charge on any atom is -0.463 e. The Bertz CT molecular complexity index is 1160. The number of aliphatic hydroxyl groups is 3. The van der Waals surface area contributed by atoms with E-state index in [9.17, 15) is 39.3 Å². The van der Waals surface area contributed by atoms with Crippen molar-refractivity contribution < 1.29 is 34.4 Å². The summed E-state index contributed by atoms with van der Waals surface area (Å²) < 4.78 is 12.0. The molecule has 38 heavy (non-hydrogen) atoms. The molecular formula is C25H41N3O10. The van der Waals surface area contributed by atoms with E-state index in [4.69, 9.17) is 9.47 Å². The normalized spacial score (nSPS) is 14.4. The molecule has 0 fully saturated rings. The number of ether oxygens (including phenoxy) is 2. The maximum Gasteiger partial charge on any atom is 0.336 e. The van der Waals surface area contributed by atoms with Crippen LogP contribution in [-0.2, 0) is 38.7 Å². The van der Waals surface area contributed by atoms with Gasteiger partial charge < -0.3 is 24.8 Å². The predicted molar refractivity (Wildman–Crippen MR) is 138 cm³/mol. The highest BCUT2D eigenvalue weighted by Gasteiger charge is 2.28. The van der Waals surface area contributed by atoms with E-state index in [1.54, 1.807) is 20.8 Å². The molecule has 3 unspecified atom stereocenters. The molecule has 0 aromatic carbocycles. The first-order valence-corrected chi connectivity index (χ1v) is 12.4. The van der Waals surface area contributed by atoms with Crippen LogP contribution in [0.2, 0.25) is 0 Å². The predicted octanol–water partition coefficient (Wildman–Crippen LogP) is -0.458. The second-order valence-corrected chi connectivity index (χ2v) is 11.0. The quantitative estimate of drug-likeness (QED) is 0.205. The van der Waals surface area contributed by atoms with Crippen molar-refractivity contribution in [2.24, 2.45) is 5.41 Å². The summed E-state index contributed by atoms with van der Waals surface area (Å²) >= 11 is 0. The number of aromatic nitrogens is 3. The van der Waals surface area contributed by atoms with Gasteiger partial charge in [0.15, 0.2) is 6.10 Å². The van der Waals surface area contributed by atoms with Crippen LogP contribution in [0.15, 0.2) is 27.0 Å². The fraction of sp³-hybridized carbons (Fsp3) is 0.720. The first-order chi connectivity index (χ1) is 17.4. The lowest BCUT2D eigenvalue weighted by molar-refractivity contribution is -0.171. The molecule has 3 atom stereocenters. The third-order valence-corrected chi connectivity index (χ3v) is 5.63. The zero-order chi connectivity index (χ0) is 29.4. The molecule has 0 bridgehead atoms. The minimum absolute atomic E-state index is 0.221. The molecule has 0 aliphatic carbocycles. The van der Waals surface area contributed by atoms with E-state index >= 15 is 0 Å². The van der Waals surface area contributed by atoms with Gasteiger partial charge in [-0.2, -0.15) is 0 Å². The van der Waals surface area contributed by atoms with E-state index in [1.165, 1.54) is 6.08 Å². The van der Waals surface area contributed by atoms with E-state index in [1.807, 2.05) is 20.8 Å². The standard InChI is InChI=1S/C25H41N3O10/c1-8-10-26-21(34)27(13-16(29)12-24(3,4)5)23(36)28(22(26)35)14-17(30)15-37-19(32)11-18(31)20(33)38-25(6,7)9-2/h8,16-18,29-31H,1,9-15H2,2-7H3. The van der Waals surface area contributed by atoms with Crippen molar-refractivity contribution in [3.8, 4) is 0 Å². The number of nitrogens with zero attached hydrogens (tertiary/aromatic N) is 3.